The highest BCUT2D eigenvalue weighted by molar-refractivity contribution is 9.10. The van der Waals surface area contributed by atoms with Gasteiger partial charge in [-0.05, 0) is 29.1 Å². The Hall–Kier alpha value is -1.13. The summed E-state index contributed by atoms with van der Waals surface area (Å²) in [7, 11) is 0. The topological polar surface area (TPSA) is 29.1 Å². The molecule has 2 nitrogen and oxygen atoms in total. The van der Waals surface area contributed by atoms with Gasteiger partial charge in [0.15, 0.2) is 0 Å². The van der Waals surface area contributed by atoms with Gasteiger partial charge in [0.25, 0.3) is 5.91 Å². The minimum absolute atomic E-state index is 0.0158. The number of halogens is 1. The third-order valence-corrected chi connectivity index (χ3v) is 3.51. The van der Waals surface area contributed by atoms with Crippen LogP contribution in [0, 0.1) is 0 Å². The van der Waals surface area contributed by atoms with Gasteiger partial charge in [-0.25, -0.2) is 0 Å². The summed E-state index contributed by atoms with van der Waals surface area (Å²) >= 11 is 4.82. The van der Waals surface area contributed by atoms with Gasteiger partial charge in [0.2, 0.25) is 0 Å². The van der Waals surface area contributed by atoms with Crippen molar-refractivity contribution < 1.29 is 4.79 Å². The van der Waals surface area contributed by atoms with Crippen LogP contribution in [0.15, 0.2) is 46.3 Å². The Kier molecular flexibility index (Phi) is 3.74. The van der Waals surface area contributed by atoms with Crippen LogP contribution in [0.5, 0.6) is 0 Å². The van der Waals surface area contributed by atoms with Gasteiger partial charge in [-0.3, -0.25) is 4.79 Å². The molecule has 0 radical (unpaired) electrons. The number of hydrogen-bond acceptors (Lipinski definition) is 2. The minimum atomic E-state index is -0.0158. The van der Waals surface area contributed by atoms with E-state index < -0.39 is 0 Å². The van der Waals surface area contributed by atoms with Gasteiger partial charge in [0.1, 0.15) is 0 Å². The summed E-state index contributed by atoms with van der Waals surface area (Å²) in [6, 6.07) is 11.6. The summed E-state index contributed by atoms with van der Waals surface area (Å²) in [5.41, 5.74) is 1.09. The summed E-state index contributed by atoms with van der Waals surface area (Å²) in [5, 5.41) is 4.77. The van der Waals surface area contributed by atoms with Crippen molar-refractivity contribution in [1.82, 2.24) is 5.32 Å². The first-order valence-electron chi connectivity index (χ1n) is 4.82. The molecule has 2 rings (SSSR count). The van der Waals surface area contributed by atoms with Gasteiger partial charge in [-0.1, -0.05) is 34.1 Å². The molecule has 1 amide bonds. The van der Waals surface area contributed by atoms with Crippen LogP contribution in [0.1, 0.15) is 15.2 Å². The molecule has 0 aliphatic rings. The lowest BCUT2D eigenvalue weighted by molar-refractivity contribution is 0.0955. The third kappa shape index (κ3) is 2.93. The van der Waals surface area contributed by atoms with E-state index in [2.05, 4.69) is 21.2 Å². The highest BCUT2D eigenvalue weighted by atomic mass is 79.9. The average Bonchev–Trinajstić information content (AvgIpc) is 2.81. The van der Waals surface area contributed by atoms with Crippen molar-refractivity contribution in [3.63, 3.8) is 0 Å². The molecule has 0 spiro atoms. The lowest BCUT2D eigenvalue weighted by Gasteiger charge is -2.03. The van der Waals surface area contributed by atoms with Gasteiger partial charge < -0.3 is 5.32 Å². The van der Waals surface area contributed by atoms with Crippen molar-refractivity contribution >= 4 is 33.2 Å². The molecule has 0 aliphatic carbocycles. The Morgan fingerprint density at radius 2 is 2.00 bits per heavy atom. The number of hydrogen-bond donors (Lipinski definition) is 1. The molecule has 2 aromatic rings. The van der Waals surface area contributed by atoms with Crippen LogP contribution in [-0.4, -0.2) is 5.91 Å². The molecule has 0 aliphatic heterocycles. The summed E-state index contributed by atoms with van der Waals surface area (Å²) in [4.78, 5) is 12.4. The third-order valence-electron chi connectivity index (χ3n) is 2.11. The van der Waals surface area contributed by atoms with E-state index in [-0.39, 0.29) is 5.91 Å². The molecule has 0 bridgehead atoms. The fourth-order valence-electron chi connectivity index (χ4n) is 1.28. The smallest absolute Gasteiger partial charge is 0.261 e. The Morgan fingerprint density at radius 1 is 1.25 bits per heavy atom. The van der Waals surface area contributed by atoms with E-state index in [4.69, 9.17) is 0 Å². The largest absolute Gasteiger partial charge is 0.347 e. The molecular weight excluding hydrogens is 286 g/mol. The van der Waals surface area contributed by atoms with E-state index in [1.54, 1.807) is 0 Å². The van der Waals surface area contributed by atoms with Gasteiger partial charge in [-0.15, -0.1) is 11.3 Å². The molecule has 4 heteroatoms. The van der Waals surface area contributed by atoms with E-state index in [0.29, 0.717) is 6.54 Å². The lowest BCUT2D eigenvalue weighted by Crippen LogP contribution is -2.21. The van der Waals surface area contributed by atoms with E-state index in [1.807, 2.05) is 41.8 Å². The van der Waals surface area contributed by atoms with Crippen molar-refractivity contribution in [3.05, 3.63) is 56.7 Å². The molecule has 1 N–H and O–H groups in total. The predicted molar refractivity (Wildman–Crippen MR) is 69.6 cm³/mol. The maximum absolute atomic E-state index is 11.6. The maximum Gasteiger partial charge on any atom is 0.261 e. The van der Waals surface area contributed by atoms with Crippen molar-refractivity contribution in [2.24, 2.45) is 0 Å². The number of amides is 1. The number of nitrogens with one attached hydrogen (secondary N) is 1. The quantitative estimate of drug-likeness (QED) is 0.923. The van der Waals surface area contributed by atoms with E-state index >= 15 is 0 Å². The van der Waals surface area contributed by atoms with Gasteiger partial charge in [0.05, 0.1) is 4.88 Å². The molecule has 1 aromatic heterocycles. The van der Waals surface area contributed by atoms with Crippen LogP contribution in [0.2, 0.25) is 0 Å². The van der Waals surface area contributed by atoms with Crippen molar-refractivity contribution in [2.75, 3.05) is 0 Å². The van der Waals surface area contributed by atoms with Crippen LogP contribution >= 0.6 is 27.3 Å². The predicted octanol–water partition coefficient (Wildman–Crippen LogP) is 3.44. The van der Waals surface area contributed by atoms with E-state index in [1.165, 1.54) is 11.3 Å². The van der Waals surface area contributed by atoms with Crippen LogP contribution in [0.3, 0.4) is 0 Å². The molecule has 1 heterocycles. The molecule has 16 heavy (non-hydrogen) atoms. The lowest BCUT2D eigenvalue weighted by atomic mass is 10.2. The van der Waals surface area contributed by atoms with E-state index in [9.17, 15) is 4.79 Å². The highest BCUT2D eigenvalue weighted by Crippen LogP contribution is 2.11. The molecule has 0 saturated heterocycles. The molecule has 0 fully saturated rings. The van der Waals surface area contributed by atoms with Crippen molar-refractivity contribution in [1.29, 1.82) is 0 Å². The first-order chi connectivity index (χ1) is 7.75. The highest BCUT2D eigenvalue weighted by Gasteiger charge is 2.05. The fourth-order valence-corrected chi connectivity index (χ4v) is 2.18. The SMILES string of the molecule is O=C(NCc1ccc(Br)cc1)c1cccs1. The first-order valence-corrected chi connectivity index (χ1v) is 6.49. The second kappa shape index (κ2) is 5.27. The van der Waals surface area contributed by atoms with Crippen molar-refractivity contribution in [2.45, 2.75) is 6.54 Å². The average molecular weight is 296 g/mol. The zero-order chi connectivity index (χ0) is 11.4. The second-order valence-electron chi connectivity index (χ2n) is 3.29. The van der Waals surface area contributed by atoms with Crippen LogP contribution in [0.4, 0.5) is 0 Å². The monoisotopic (exact) mass is 295 g/mol. The molecule has 1 aromatic carbocycles. The molecule has 0 atom stereocenters. The summed E-state index contributed by atoms with van der Waals surface area (Å²) < 4.78 is 1.04. The Labute approximate surface area is 106 Å². The normalized spacial score (nSPS) is 10.1. The Morgan fingerprint density at radius 3 is 2.62 bits per heavy atom. The van der Waals surface area contributed by atoms with Crippen LogP contribution in [-0.2, 0) is 6.54 Å². The Balaban J connectivity index is 1.93. The summed E-state index contributed by atoms with van der Waals surface area (Å²) in [6.45, 7) is 0.560. The number of thiophene rings is 1. The maximum atomic E-state index is 11.6. The molecule has 0 saturated carbocycles. The standard InChI is InChI=1S/C12H10BrNOS/c13-10-5-3-9(4-6-10)8-14-12(15)11-2-1-7-16-11/h1-7H,8H2,(H,14,15). The molecule has 82 valence electrons. The minimum Gasteiger partial charge on any atom is -0.347 e. The second-order valence-corrected chi connectivity index (χ2v) is 5.15. The molecule has 0 unspecified atom stereocenters. The molecular formula is C12H10BrNOS. The fraction of sp³-hybridized carbons (Fsp3) is 0.0833. The zero-order valence-corrected chi connectivity index (χ0v) is 10.8. The van der Waals surface area contributed by atoms with Crippen molar-refractivity contribution in [3.8, 4) is 0 Å². The number of benzene rings is 1. The van der Waals surface area contributed by atoms with Gasteiger partial charge in [0, 0.05) is 11.0 Å². The van der Waals surface area contributed by atoms with Gasteiger partial charge >= 0.3 is 0 Å². The van der Waals surface area contributed by atoms with Gasteiger partial charge in [-0.2, -0.15) is 0 Å². The van der Waals surface area contributed by atoms with E-state index in [0.717, 1.165) is 14.9 Å². The summed E-state index contributed by atoms with van der Waals surface area (Å²) in [5.74, 6) is -0.0158. The number of carbonyl (C=O) groups is 1. The number of rotatable bonds is 3. The Bertz CT molecular complexity index is 464. The summed E-state index contributed by atoms with van der Waals surface area (Å²) in [6.07, 6.45) is 0. The zero-order valence-electron chi connectivity index (χ0n) is 8.44. The first kappa shape index (κ1) is 11.4. The van der Waals surface area contributed by atoms with Crippen LogP contribution in [0.25, 0.3) is 0 Å². The number of carbonyl (C=O) groups excluding carboxylic acids is 1. The van der Waals surface area contributed by atoms with Crippen LogP contribution < -0.4 is 5.32 Å².